The fourth-order valence-corrected chi connectivity index (χ4v) is 2.54. The van der Waals surface area contributed by atoms with Crippen molar-refractivity contribution >= 4 is 17.7 Å². The van der Waals surface area contributed by atoms with Crippen LogP contribution in [0, 0.1) is 0 Å². The molecule has 0 spiro atoms. The van der Waals surface area contributed by atoms with Gasteiger partial charge in [0, 0.05) is 37.9 Å². The zero-order valence-corrected chi connectivity index (χ0v) is 15.3. The van der Waals surface area contributed by atoms with E-state index in [1.54, 1.807) is 17.0 Å². The predicted octanol–water partition coefficient (Wildman–Crippen LogP) is 2.09. The summed E-state index contributed by atoms with van der Waals surface area (Å²) in [4.78, 5) is 25.3. The van der Waals surface area contributed by atoms with Crippen molar-refractivity contribution in [3.63, 3.8) is 0 Å². The van der Waals surface area contributed by atoms with E-state index in [0.717, 1.165) is 12.2 Å². The van der Waals surface area contributed by atoms with Crippen molar-refractivity contribution in [1.29, 1.82) is 0 Å². The first-order valence-corrected chi connectivity index (χ1v) is 8.42. The van der Waals surface area contributed by atoms with Gasteiger partial charge in [-0.1, -0.05) is 0 Å². The van der Waals surface area contributed by atoms with Gasteiger partial charge < -0.3 is 25.0 Å². The van der Waals surface area contributed by atoms with Crippen molar-refractivity contribution in [3.8, 4) is 0 Å². The molecular formula is C18H27N3O4. The van der Waals surface area contributed by atoms with Gasteiger partial charge in [-0.05, 0) is 45.0 Å². The quantitative estimate of drug-likeness (QED) is 0.811. The molecule has 7 nitrogen and oxygen atoms in total. The van der Waals surface area contributed by atoms with Crippen molar-refractivity contribution < 1.29 is 19.1 Å². The van der Waals surface area contributed by atoms with Crippen molar-refractivity contribution in [2.75, 3.05) is 38.6 Å². The van der Waals surface area contributed by atoms with E-state index < -0.39 is 5.60 Å². The summed E-state index contributed by atoms with van der Waals surface area (Å²) >= 11 is 0. The highest BCUT2D eigenvalue weighted by Gasteiger charge is 2.27. The first kappa shape index (κ1) is 19.1. The van der Waals surface area contributed by atoms with Crippen LogP contribution in [0.4, 0.5) is 10.5 Å². The summed E-state index contributed by atoms with van der Waals surface area (Å²) in [7, 11) is 1.36. The predicted molar refractivity (Wildman–Crippen MR) is 95.9 cm³/mol. The van der Waals surface area contributed by atoms with Gasteiger partial charge in [0.25, 0.3) is 0 Å². The highest BCUT2D eigenvalue weighted by atomic mass is 16.6. The van der Waals surface area contributed by atoms with E-state index in [1.807, 2.05) is 32.9 Å². The number of ether oxygens (including phenoxy) is 2. The average molecular weight is 349 g/mol. The summed E-state index contributed by atoms with van der Waals surface area (Å²) in [6.07, 6.45) is -0.276. The topological polar surface area (TPSA) is 79.9 Å². The summed E-state index contributed by atoms with van der Waals surface area (Å²) in [5.74, 6) is -0.353. The molecular weight excluding hydrogens is 322 g/mol. The number of benzene rings is 1. The Balaban J connectivity index is 1.84. The molecule has 7 heteroatoms. The molecule has 0 saturated carbocycles. The van der Waals surface area contributed by atoms with Crippen molar-refractivity contribution in [2.24, 2.45) is 0 Å². The summed E-state index contributed by atoms with van der Waals surface area (Å²) in [6.45, 7) is 8.21. The third kappa shape index (κ3) is 5.94. The summed E-state index contributed by atoms with van der Waals surface area (Å²) in [5, 5.41) is 6.70. The SMILES string of the molecule is COC(=O)c1ccc(NCC2CN(C(=O)OC(C)(C)C)CCN2)cc1. The Bertz CT molecular complexity index is 595. The molecule has 1 saturated heterocycles. The lowest BCUT2D eigenvalue weighted by molar-refractivity contribution is 0.0199. The maximum absolute atomic E-state index is 12.2. The number of nitrogens with zero attached hydrogens (tertiary/aromatic N) is 1. The number of hydrogen-bond acceptors (Lipinski definition) is 6. The number of esters is 1. The number of amides is 1. The molecule has 1 aromatic carbocycles. The van der Waals surface area contributed by atoms with Crippen molar-refractivity contribution in [2.45, 2.75) is 32.4 Å². The van der Waals surface area contributed by atoms with E-state index in [9.17, 15) is 9.59 Å². The van der Waals surface area contributed by atoms with E-state index >= 15 is 0 Å². The van der Waals surface area contributed by atoms with E-state index in [-0.39, 0.29) is 18.1 Å². The van der Waals surface area contributed by atoms with Gasteiger partial charge in [-0.3, -0.25) is 0 Å². The number of rotatable bonds is 4. The van der Waals surface area contributed by atoms with Crippen LogP contribution in [0.3, 0.4) is 0 Å². The van der Waals surface area contributed by atoms with Gasteiger partial charge in [0.15, 0.2) is 0 Å². The molecule has 1 aromatic rings. The standard InChI is InChI=1S/C18H27N3O4/c1-18(2,3)25-17(23)21-10-9-19-15(12-21)11-20-14-7-5-13(6-8-14)16(22)24-4/h5-8,15,19-20H,9-12H2,1-4H3. The molecule has 138 valence electrons. The largest absolute Gasteiger partial charge is 0.465 e. The van der Waals surface area contributed by atoms with E-state index in [1.165, 1.54) is 7.11 Å². The molecule has 1 heterocycles. The molecule has 1 aliphatic rings. The molecule has 1 unspecified atom stereocenters. The average Bonchev–Trinajstić information content (AvgIpc) is 2.58. The zero-order chi connectivity index (χ0) is 18.4. The first-order chi connectivity index (χ1) is 11.8. The number of anilines is 1. The summed E-state index contributed by atoms with van der Waals surface area (Å²) in [5.41, 5.74) is 0.931. The number of methoxy groups -OCH3 is 1. The van der Waals surface area contributed by atoms with Crippen molar-refractivity contribution in [3.05, 3.63) is 29.8 Å². The Kier molecular flexibility index (Phi) is 6.25. The Morgan fingerprint density at radius 2 is 1.96 bits per heavy atom. The lowest BCUT2D eigenvalue weighted by Gasteiger charge is -2.35. The van der Waals surface area contributed by atoms with Crippen molar-refractivity contribution in [1.82, 2.24) is 10.2 Å². The maximum atomic E-state index is 12.2. The maximum Gasteiger partial charge on any atom is 0.410 e. The van der Waals surface area contributed by atoms with E-state index in [2.05, 4.69) is 15.4 Å². The molecule has 1 atom stereocenters. The minimum atomic E-state index is -0.489. The lowest BCUT2D eigenvalue weighted by atomic mass is 10.2. The van der Waals surface area contributed by atoms with Gasteiger partial charge in [-0.2, -0.15) is 0 Å². The number of piperazine rings is 1. The number of nitrogens with one attached hydrogen (secondary N) is 2. The normalized spacial score (nSPS) is 17.8. The smallest absolute Gasteiger partial charge is 0.410 e. The molecule has 1 aliphatic heterocycles. The van der Waals surface area contributed by atoms with Crippen LogP contribution in [-0.2, 0) is 9.47 Å². The van der Waals surface area contributed by atoms with Gasteiger partial charge in [-0.25, -0.2) is 9.59 Å². The zero-order valence-electron chi connectivity index (χ0n) is 15.3. The van der Waals surface area contributed by atoms with Crippen LogP contribution in [0.25, 0.3) is 0 Å². The highest BCUT2D eigenvalue weighted by Crippen LogP contribution is 2.13. The third-order valence-corrected chi connectivity index (χ3v) is 3.77. The molecule has 0 radical (unpaired) electrons. The third-order valence-electron chi connectivity index (χ3n) is 3.77. The molecule has 1 fully saturated rings. The fourth-order valence-electron chi connectivity index (χ4n) is 2.54. The monoisotopic (exact) mass is 349 g/mol. The Morgan fingerprint density at radius 3 is 2.56 bits per heavy atom. The second-order valence-electron chi connectivity index (χ2n) is 7.03. The fraction of sp³-hybridized carbons (Fsp3) is 0.556. The molecule has 0 aliphatic carbocycles. The molecule has 2 rings (SSSR count). The molecule has 2 N–H and O–H groups in total. The lowest BCUT2D eigenvalue weighted by Crippen LogP contribution is -2.55. The van der Waals surface area contributed by atoms with Gasteiger partial charge in [0.05, 0.1) is 12.7 Å². The van der Waals surface area contributed by atoms with Gasteiger partial charge in [0.1, 0.15) is 5.60 Å². The molecule has 25 heavy (non-hydrogen) atoms. The Labute approximate surface area is 148 Å². The number of carbonyl (C=O) groups is 2. The molecule has 1 amide bonds. The second kappa shape index (κ2) is 8.20. The number of hydrogen-bond donors (Lipinski definition) is 2. The van der Waals surface area contributed by atoms with Crippen LogP contribution in [0.15, 0.2) is 24.3 Å². The Morgan fingerprint density at radius 1 is 1.28 bits per heavy atom. The highest BCUT2D eigenvalue weighted by molar-refractivity contribution is 5.89. The first-order valence-electron chi connectivity index (χ1n) is 8.42. The minimum absolute atomic E-state index is 0.126. The van der Waals surface area contributed by atoms with Crippen LogP contribution in [-0.4, -0.2) is 61.9 Å². The minimum Gasteiger partial charge on any atom is -0.465 e. The van der Waals surface area contributed by atoms with Gasteiger partial charge >= 0.3 is 12.1 Å². The molecule has 0 bridgehead atoms. The van der Waals surface area contributed by atoms with Crippen LogP contribution in [0.5, 0.6) is 0 Å². The molecule has 0 aromatic heterocycles. The Hall–Kier alpha value is -2.28. The van der Waals surface area contributed by atoms with Gasteiger partial charge in [0.2, 0.25) is 0 Å². The van der Waals surface area contributed by atoms with Crippen LogP contribution >= 0.6 is 0 Å². The second-order valence-corrected chi connectivity index (χ2v) is 7.03. The van der Waals surface area contributed by atoms with Crippen LogP contribution in [0.2, 0.25) is 0 Å². The van der Waals surface area contributed by atoms with E-state index in [4.69, 9.17) is 4.74 Å². The number of carbonyl (C=O) groups excluding carboxylic acids is 2. The summed E-state index contributed by atoms with van der Waals surface area (Å²) < 4.78 is 10.1. The van der Waals surface area contributed by atoms with Crippen LogP contribution < -0.4 is 10.6 Å². The van der Waals surface area contributed by atoms with Crippen LogP contribution in [0.1, 0.15) is 31.1 Å². The van der Waals surface area contributed by atoms with Gasteiger partial charge in [-0.15, -0.1) is 0 Å². The summed E-state index contributed by atoms with van der Waals surface area (Å²) in [6, 6.07) is 7.23. The van der Waals surface area contributed by atoms with E-state index in [0.29, 0.717) is 25.2 Å².